The number of hydrogen-bond donors (Lipinski definition) is 1. The molecule has 6 nitrogen and oxygen atoms in total. The Hall–Kier alpha value is -3.42. The number of carbonyl (C=O) groups is 2. The Balaban J connectivity index is 1.86. The summed E-state index contributed by atoms with van der Waals surface area (Å²) in [6.45, 7) is 6.48. The predicted octanol–water partition coefficient (Wildman–Crippen LogP) is 4.03. The van der Waals surface area contributed by atoms with E-state index in [1.165, 1.54) is 7.11 Å². The van der Waals surface area contributed by atoms with Crippen LogP contribution in [0.5, 0.6) is 0 Å². The van der Waals surface area contributed by atoms with Gasteiger partial charge in [-0.2, -0.15) is 0 Å². The lowest BCUT2D eigenvalue weighted by Crippen LogP contribution is -2.67. The molecule has 0 fully saturated rings. The Morgan fingerprint density at radius 1 is 0.829 bits per heavy atom. The second-order valence-corrected chi connectivity index (χ2v) is 13.6. The second kappa shape index (κ2) is 11.8. The molecular formula is C28H33NO5Si. The fourth-order valence-electron chi connectivity index (χ4n) is 4.19. The van der Waals surface area contributed by atoms with Crippen molar-refractivity contribution in [3.05, 3.63) is 96.6 Å². The van der Waals surface area contributed by atoms with Gasteiger partial charge in [0, 0.05) is 0 Å². The summed E-state index contributed by atoms with van der Waals surface area (Å²) in [5, 5.41) is 4.51. The summed E-state index contributed by atoms with van der Waals surface area (Å²) in [5.41, 5.74) is 0.848. The topological polar surface area (TPSA) is 73.9 Å². The van der Waals surface area contributed by atoms with Crippen LogP contribution in [0.3, 0.4) is 0 Å². The molecule has 184 valence electrons. The summed E-state index contributed by atoms with van der Waals surface area (Å²) in [5.74, 6) is -0.598. The van der Waals surface area contributed by atoms with Crippen LogP contribution in [0.1, 0.15) is 26.3 Å². The van der Waals surface area contributed by atoms with E-state index in [1.54, 1.807) is 0 Å². The van der Waals surface area contributed by atoms with Gasteiger partial charge in [-0.25, -0.2) is 9.59 Å². The highest BCUT2D eigenvalue weighted by atomic mass is 28.4. The molecule has 1 N–H and O–H groups in total. The minimum Gasteiger partial charge on any atom is -0.467 e. The molecule has 1 atom stereocenters. The Morgan fingerprint density at radius 3 is 1.77 bits per heavy atom. The van der Waals surface area contributed by atoms with Gasteiger partial charge < -0.3 is 19.2 Å². The van der Waals surface area contributed by atoms with Gasteiger partial charge in [-0.15, -0.1) is 0 Å². The zero-order valence-electron chi connectivity index (χ0n) is 20.7. The van der Waals surface area contributed by atoms with E-state index in [9.17, 15) is 9.59 Å². The second-order valence-electron chi connectivity index (χ2n) is 9.26. The summed E-state index contributed by atoms with van der Waals surface area (Å²) in [4.78, 5) is 25.1. The third kappa shape index (κ3) is 6.38. The smallest absolute Gasteiger partial charge is 0.408 e. The standard InChI is InChI=1S/C28H33NO5Si/c1-28(2,3)35(23-16-10-6-11-17-23,24-18-12-7-13-19-24)34-21-25(26(30)32-4)29-27(31)33-20-22-14-8-5-9-15-22/h5-19,25H,20-21H2,1-4H3,(H,29,31). The average molecular weight is 492 g/mol. The molecule has 0 aliphatic heterocycles. The molecule has 35 heavy (non-hydrogen) atoms. The maximum Gasteiger partial charge on any atom is 0.408 e. The average Bonchev–Trinajstić information content (AvgIpc) is 2.87. The number of alkyl carbamates (subject to hydrolysis) is 1. The van der Waals surface area contributed by atoms with Crippen LogP contribution in [-0.2, 0) is 25.3 Å². The van der Waals surface area contributed by atoms with E-state index in [0.29, 0.717) is 0 Å². The maximum atomic E-state index is 12.6. The quantitative estimate of drug-likeness (QED) is 0.361. The van der Waals surface area contributed by atoms with Crippen LogP contribution in [0.4, 0.5) is 4.79 Å². The largest absolute Gasteiger partial charge is 0.467 e. The van der Waals surface area contributed by atoms with Crippen LogP contribution in [0.15, 0.2) is 91.0 Å². The van der Waals surface area contributed by atoms with Crippen LogP contribution in [-0.4, -0.2) is 40.1 Å². The van der Waals surface area contributed by atoms with E-state index >= 15 is 0 Å². The number of carbonyl (C=O) groups excluding carboxylic acids is 2. The Morgan fingerprint density at radius 2 is 1.31 bits per heavy atom. The van der Waals surface area contributed by atoms with Gasteiger partial charge >= 0.3 is 12.1 Å². The molecule has 3 aromatic rings. The van der Waals surface area contributed by atoms with Crippen molar-refractivity contribution in [1.29, 1.82) is 0 Å². The molecule has 0 saturated heterocycles. The van der Waals surface area contributed by atoms with E-state index in [1.807, 2.05) is 66.7 Å². The first kappa shape index (κ1) is 26.2. The van der Waals surface area contributed by atoms with Crippen LogP contribution in [0, 0.1) is 0 Å². The Kier molecular flexibility index (Phi) is 8.84. The van der Waals surface area contributed by atoms with Crippen LogP contribution >= 0.6 is 0 Å². The highest BCUT2D eigenvalue weighted by Gasteiger charge is 2.50. The van der Waals surface area contributed by atoms with Crippen molar-refractivity contribution in [2.75, 3.05) is 13.7 Å². The number of rotatable bonds is 9. The van der Waals surface area contributed by atoms with Crippen molar-refractivity contribution in [1.82, 2.24) is 5.32 Å². The van der Waals surface area contributed by atoms with Gasteiger partial charge in [0.1, 0.15) is 6.61 Å². The van der Waals surface area contributed by atoms with Gasteiger partial charge in [-0.05, 0) is 21.0 Å². The lowest BCUT2D eigenvalue weighted by Gasteiger charge is -2.43. The lowest BCUT2D eigenvalue weighted by molar-refractivity contribution is -0.143. The SMILES string of the molecule is COC(=O)C(CO[Si](c1ccccc1)(c1ccccc1)C(C)(C)C)NC(=O)OCc1ccccc1. The third-order valence-electron chi connectivity index (χ3n) is 5.87. The number of methoxy groups -OCH3 is 1. The van der Waals surface area contributed by atoms with Crippen molar-refractivity contribution >= 4 is 30.8 Å². The molecule has 0 heterocycles. The molecule has 0 aliphatic rings. The maximum absolute atomic E-state index is 12.6. The van der Waals surface area contributed by atoms with Crippen molar-refractivity contribution in [3.63, 3.8) is 0 Å². The molecule has 0 bridgehead atoms. The number of nitrogens with one attached hydrogen (secondary N) is 1. The highest BCUT2D eigenvalue weighted by molar-refractivity contribution is 6.99. The van der Waals surface area contributed by atoms with Gasteiger partial charge in [-0.1, -0.05) is 112 Å². The molecule has 0 spiro atoms. The molecule has 7 heteroatoms. The van der Waals surface area contributed by atoms with Crippen LogP contribution in [0.2, 0.25) is 5.04 Å². The fraction of sp³-hybridized carbons (Fsp3) is 0.286. The Labute approximate surface area is 208 Å². The zero-order valence-corrected chi connectivity index (χ0v) is 21.7. The number of amides is 1. The summed E-state index contributed by atoms with van der Waals surface area (Å²) in [7, 11) is -1.61. The van der Waals surface area contributed by atoms with Gasteiger partial charge in [0.2, 0.25) is 0 Å². The van der Waals surface area contributed by atoms with Crippen LogP contribution in [0.25, 0.3) is 0 Å². The third-order valence-corrected chi connectivity index (χ3v) is 10.9. The summed E-state index contributed by atoms with van der Waals surface area (Å²) >= 11 is 0. The molecule has 3 aromatic carbocycles. The van der Waals surface area contributed by atoms with Crippen molar-refractivity contribution < 1.29 is 23.5 Å². The predicted molar refractivity (Wildman–Crippen MR) is 139 cm³/mol. The molecule has 0 radical (unpaired) electrons. The summed E-state index contributed by atoms with van der Waals surface area (Å²) in [6.07, 6.45) is -0.713. The summed E-state index contributed by atoms with van der Waals surface area (Å²) in [6, 6.07) is 28.5. The van der Waals surface area contributed by atoms with Gasteiger partial charge in [0.05, 0.1) is 13.7 Å². The first-order chi connectivity index (χ1) is 16.8. The van der Waals surface area contributed by atoms with Gasteiger partial charge in [0.25, 0.3) is 8.32 Å². The van der Waals surface area contributed by atoms with Crippen molar-refractivity contribution in [3.8, 4) is 0 Å². The lowest BCUT2D eigenvalue weighted by atomic mass is 10.2. The molecular weight excluding hydrogens is 458 g/mol. The van der Waals surface area contributed by atoms with Crippen molar-refractivity contribution in [2.45, 2.75) is 38.5 Å². The summed E-state index contributed by atoms with van der Waals surface area (Å²) < 4.78 is 17.1. The minimum atomic E-state index is -2.89. The normalized spacial score (nSPS) is 12.5. The van der Waals surface area contributed by atoms with E-state index in [0.717, 1.165) is 15.9 Å². The van der Waals surface area contributed by atoms with E-state index < -0.39 is 26.4 Å². The zero-order chi connectivity index (χ0) is 25.3. The fourth-order valence-corrected chi connectivity index (χ4v) is 8.76. The molecule has 1 unspecified atom stereocenters. The van der Waals surface area contributed by atoms with E-state index in [-0.39, 0.29) is 18.3 Å². The van der Waals surface area contributed by atoms with Crippen LogP contribution < -0.4 is 15.7 Å². The molecule has 0 aliphatic carbocycles. The van der Waals surface area contributed by atoms with E-state index in [4.69, 9.17) is 13.9 Å². The molecule has 3 rings (SSSR count). The van der Waals surface area contributed by atoms with E-state index in [2.05, 4.69) is 50.4 Å². The number of ether oxygens (including phenoxy) is 2. The van der Waals surface area contributed by atoms with Crippen molar-refractivity contribution in [2.24, 2.45) is 0 Å². The first-order valence-electron chi connectivity index (χ1n) is 11.6. The Bertz CT molecular complexity index is 1050. The van der Waals surface area contributed by atoms with Gasteiger partial charge in [-0.3, -0.25) is 0 Å². The first-order valence-corrected chi connectivity index (χ1v) is 13.5. The molecule has 0 aromatic heterocycles. The minimum absolute atomic E-state index is 0.0552. The monoisotopic (exact) mass is 491 g/mol. The number of esters is 1. The molecule has 1 amide bonds. The number of benzene rings is 3. The number of hydrogen-bond acceptors (Lipinski definition) is 5. The highest BCUT2D eigenvalue weighted by Crippen LogP contribution is 2.36. The van der Waals surface area contributed by atoms with Gasteiger partial charge in [0.15, 0.2) is 6.04 Å². The molecule has 0 saturated carbocycles.